The number of ether oxygens (including phenoxy) is 1. The van der Waals surface area contributed by atoms with Gasteiger partial charge in [0.05, 0.1) is 12.0 Å². The summed E-state index contributed by atoms with van der Waals surface area (Å²) in [6.45, 7) is 6.57. The van der Waals surface area contributed by atoms with E-state index in [4.69, 9.17) is 14.9 Å². The molecule has 5 nitrogen and oxygen atoms in total. The number of pyridine rings is 1. The van der Waals surface area contributed by atoms with Gasteiger partial charge < -0.3 is 14.9 Å². The summed E-state index contributed by atoms with van der Waals surface area (Å²) in [6, 6.07) is 7.65. The van der Waals surface area contributed by atoms with Gasteiger partial charge in [-0.1, -0.05) is 6.92 Å². The molecule has 1 aromatic carbocycles. The molecule has 2 atom stereocenters. The molecule has 3 aromatic rings. The number of rotatable bonds is 5. The van der Waals surface area contributed by atoms with Crippen LogP contribution in [0, 0.1) is 12.8 Å². The second-order valence-electron chi connectivity index (χ2n) is 6.55. The Morgan fingerprint density at radius 2 is 2.00 bits per heavy atom. The number of fused-ring (bicyclic) bond motifs is 3. The van der Waals surface area contributed by atoms with Crippen LogP contribution in [0.1, 0.15) is 26.0 Å². The van der Waals surface area contributed by atoms with Crippen molar-refractivity contribution in [3.63, 3.8) is 0 Å². The summed E-state index contributed by atoms with van der Waals surface area (Å²) in [5.41, 5.74) is 6.81. The van der Waals surface area contributed by atoms with Crippen molar-refractivity contribution < 1.29 is 9.15 Å². The number of nitrogens with two attached hydrogens (primary N) is 1. The highest BCUT2D eigenvalue weighted by atomic mass is 16.5. The van der Waals surface area contributed by atoms with Crippen molar-refractivity contribution in [1.29, 1.82) is 0 Å². The quantitative estimate of drug-likeness (QED) is 0.574. The Morgan fingerprint density at radius 3 is 2.75 bits per heavy atom. The smallest absolute Gasteiger partial charge is 0.345 e. The standard InChI is InChI=1S/C19H22N2O3/c1-11(6-12(2)20)10-23-14-4-5-15-16-7-13(3)21-9-17(16)19(22)24-18(15)8-14/h4-5,7-9,11-12H,6,10,20H2,1-3H3. The van der Waals surface area contributed by atoms with Gasteiger partial charge in [-0.3, -0.25) is 4.98 Å². The molecule has 0 saturated carbocycles. The van der Waals surface area contributed by atoms with Crippen LogP contribution in [0.5, 0.6) is 5.75 Å². The number of nitrogens with zero attached hydrogens (tertiary/aromatic N) is 1. The van der Waals surface area contributed by atoms with Gasteiger partial charge in [0, 0.05) is 34.8 Å². The molecule has 2 heterocycles. The highest BCUT2D eigenvalue weighted by Crippen LogP contribution is 2.26. The van der Waals surface area contributed by atoms with Crippen LogP contribution in [-0.4, -0.2) is 17.6 Å². The molecule has 0 spiro atoms. The molecule has 0 saturated heterocycles. The monoisotopic (exact) mass is 326 g/mol. The molecule has 0 aliphatic rings. The third kappa shape index (κ3) is 3.41. The van der Waals surface area contributed by atoms with E-state index in [0.717, 1.165) is 22.9 Å². The largest absolute Gasteiger partial charge is 0.493 e. The molecule has 5 heteroatoms. The maximum Gasteiger partial charge on any atom is 0.345 e. The number of aryl methyl sites for hydroxylation is 1. The van der Waals surface area contributed by atoms with E-state index >= 15 is 0 Å². The Morgan fingerprint density at radius 1 is 1.21 bits per heavy atom. The number of benzene rings is 1. The first-order valence-electron chi connectivity index (χ1n) is 8.15. The molecule has 0 fully saturated rings. The van der Waals surface area contributed by atoms with Gasteiger partial charge in [-0.25, -0.2) is 4.79 Å². The molecule has 2 aromatic heterocycles. The molecule has 0 bridgehead atoms. The van der Waals surface area contributed by atoms with Crippen molar-refractivity contribution in [3.05, 3.63) is 46.6 Å². The van der Waals surface area contributed by atoms with Crippen LogP contribution in [0.25, 0.3) is 21.7 Å². The predicted octanol–water partition coefficient (Wildman–Crippen LogP) is 3.40. The van der Waals surface area contributed by atoms with Gasteiger partial charge in [0.15, 0.2) is 0 Å². The predicted molar refractivity (Wildman–Crippen MR) is 95.4 cm³/mol. The van der Waals surface area contributed by atoms with Crippen LogP contribution in [-0.2, 0) is 0 Å². The van der Waals surface area contributed by atoms with E-state index in [2.05, 4.69) is 11.9 Å². The maximum absolute atomic E-state index is 12.1. The zero-order valence-corrected chi connectivity index (χ0v) is 14.2. The second kappa shape index (κ2) is 6.61. The average Bonchev–Trinajstić information content (AvgIpc) is 2.52. The van der Waals surface area contributed by atoms with Crippen LogP contribution in [0.15, 0.2) is 39.7 Å². The summed E-state index contributed by atoms with van der Waals surface area (Å²) in [7, 11) is 0. The molecule has 3 rings (SSSR count). The van der Waals surface area contributed by atoms with Gasteiger partial charge in [-0.2, -0.15) is 0 Å². The molecule has 0 amide bonds. The van der Waals surface area contributed by atoms with E-state index in [1.54, 1.807) is 12.3 Å². The van der Waals surface area contributed by atoms with E-state index in [1.165, 1.54) is 0 Å². The fourth-order valence-corrected chi connectivity index (χ4v) is 2.94. The Bertz CT molecular complexity index is 931. The lowest BCUT2D eigenvalue weighted by atomic mass is 10.0. The SMILES string of the molecule is Cc1cc2c(cn1)c(=O)oc1cc(OCC(C)CC(C)N)ccc12. The van der Waals surface area contributed by atoms with Crippen molar-refractivity contribution >= 4 is 21.7 Å². The molecule has 24 heavy (non-hydrogen) atoms. The molecular formula is C19H22N2O3. The lowest BCUT2D eigenvalue weighted by Crippen LogP contribution is -2.21. The summed E-state index contributed by atoms with van der Waals surface area (Å²) in [4.78, 5) is 16.3. The van der Waals surface area contributed by atoms with Crippen molar-refractivity contribution in [2.75, 3.05) is 6.61 Å². The van der Waals surface area contributed by atoms with Crippen LogP contribution < -0.4 is 16.1 Å². The van der Waals surface area contributed by atoms with Gasteiger partial charge in [0.2, 0.25) is 0 Å². The Kier molecular flexibility index (Phi) is 4.53. The van der Waals surface area contributed by atoms with Gasteiger partial charge in [0.1, 0.15) is 11.3 Å². The number of aromatic nitrogens is 1. The Labute approximate surface area is 140 Å². The fraction of sp³-hybridized carbons (Fsp3) is 0.368. The first-order valence-corrected chi connectivity index (χ1v) is 8.15. The highest BCUT2D eigenvalue weighted by molar-refractivity contribution is 6.04. The van der Waals surface area contributed by atoms with Crippen molar-refractivity contribution in [1.82, 2.24) is 4.98 Å². The van der Waals surface area contributed by atoms with E-state index in [9.17, 15) is 4.79 Å². The van der Waals surface area contributed by atoms with Crippen LogP contribution in [0.2, 0.25) is 0 Å². The van der Waals surface area contributed by atoms with Crippen molar-refractivity contribution in [2.45, 2.75) is 33.2 Å². The topological polar surface area (TPSA) is 78.3 Å². The highest BCUT2D eigenvalue weighted by Gasteiger charge is 2.10. The molecule has 0 radical (unpaired) electrons. The fourth-order valence-electron chi connectivity index (χ4n) is 2.94. The molecular weight excluding hydrogens is 304 g/mol. The molecule has 0 aliphatic carbocycles. The molecule has 2 unspecified atom stereocenters. The normalized spacial score (nSPS) is 14.0. The summed E-state index contributed by atoms with van der Waals surface area (Å²) in [5.74, 6) is 1.05. The number of hydrogen-bond acceptors (Lipinski definition) is 5. The van der Waals surface area contributed by atoms with Crippen molar-refractivity contribution in [3.8, 4) is 5.75 Å². The minimum absolute atomic E-state index is 0.154. The molecule has 2 N–H and O–H groups in total. The molecule has 0 aliphatic heterocycles. The van der Waals surface area contributed by atoms with Crippen LogP contribution in [0.3, 0.4) is 0 Å². The third-order valence-electron chi connectivity index (χ3n) is 4.02. The first kappa shape index (κ1) is 16.5. The van der Waals surface area contributed by atoms with Gasteiger partial charge in [-0.15, -0.1) is 0 Å². The Hall–Kier alpha value is -2.40. The van der Waals surface area contributed by atoms with Crippen LogP contribution >= 0.6 is 0 Å². The average molecular weight is 326 g/mol. The van der Waals surface area contributed by atoms with E-state index in [0.29, 0.717) is 29.2 Å². The zero-order valence-electron chi connectivity index (χ0n) is 14.2. The Balaban J connectivity index is 1.94. The van der Waals surface area contributed by atoms with Gasteiger partial charge >= 0.3 is 5.63 Å². The van der Waals surface area contributed by atoms with E-state index in [-0.39, 0.29) is 11.7 Å². The summed E-state index contributed by atoms with van der Waals surface area (Å²) in [5, 5.41) is 2.23. The van der Waals surface area contributed by atoms with E-state index in [1.807, 2.05) is 32.0 Å². The lowest BCUT2D eigenvalue weighted by Gasteiger charge is -2.15. The summed E-state index contributed by atoms with van der Waals surface area (Å²) >= 11 is 0. The first-order chi connectivity index (χ1) is 11.4. The lowest BCUT2D eigenvalue weighted by molar-refractivity contribution is 0.246. The van der Waals surface area contributed by atoms with Crippen molar-refractivity contribution in [2.24, 2.45) is 11.7 Å². The third-order valence-corrected chi connectivity index (χ3v) is 4.02. The minimum atomic E-state index is -0.382. The minimum Gasteiger partial charge on any atom is -0.493 e. The van der Waals surface area contributed by atoms with Crippen LogP contribution in [0.4, 0.5) is 0 Å². The van der Waals surface area contributed by atoms with Gasteiger partial charge in [-0.05, 0) is 44.4 Å². The number of hydrogen-bond donors (Lipinski definition) is 1. The zero-order chi connectivity index (χ0) is 17.3. The van der Waals surface area contributed by atoms with Gasteiger partial charge in [0.25, 0.3) is 0 Å². The molecule has 126 valence electrons. The summed E-state index contributed by atoms with van der Waals surface area (Å²) in [6.07, 6.45) is 2.47. The summed E-state index contributed by atoms with van der Waals surface area (Å²) < 4.78 is 11.3. The second-order valence-corrected chi connectivity index (χ2v) is 6.55. The van der Waals surface area contributed by atoms with E-state index < -0.39 is 0 Å². The maximum atomic E-state index is 12.1.